The van der Waals surface area contributed by atoms with Crippen molar-refractivity contribution in [1.29, 1.82) is 0 Å². The van der Waals surface area contributed by atoms with Crippen molar-refractivity contribution in [2.24, 2.45) is 5.92 Å². The molecule has 134 valence electrons. The molecule has 25 heavy (non-hydrogen) atoms. The average Bonchev–Trinajstić information content (AvgIpc) is 3.26. The average molecular weight is 342 g/mol. The number of benzene rings is 1. The molecule has 1 aliphatic heterocycles. The van der Waals surface area contributed by atoms with Crippen LogP contribution in [0.5, 0.6) is 0 Å². The summed E-state index contributed by atoms with van der Waals surface area (Å²) in [6.45, 7) is 6.47. The minimum atomic E-state index is -0.00823. The summed E-state index contributed by atoms with van der Waals surface area (Å²) in [4.78, 5) is 19.0. The van der Waals surface area contributed by atoms with Gasteiger partial charge in [-0.2, -0.15) is 4.98 Å². The summed E-state index contributed by atoms with van der Waals surface area (Å²) in [5.74, 6) is 2.03. The van der Waals surface area contributed by atoms with Gasteiger partial charge < -0.3 is 14.7 Å². The molecule has 3 rings (SSSR count). The molecule has 6 heteroatoms. The van der Waals surface area contributed by atoms with Crippen LogP contribution in [0.25, 0.3) is 0 Å². The van der Waals surface area contributed by atoms with Crippen molar-refractivity contribution < 1.29 is 9.32 Å². The fourth-order valence-electron chi connectivity index (χ4n) is 3.25. The fraction of sp³-hybridized carbons (Fsp3) is 0.526. The lowest BCUT2D eigenvalue weighted by atomic mass is 9.93. The maximum absolute atomic E-state index is 12.9. The standard InChI is InChI=1S/C19H26N4O2/c1-13(2)10-17-21-18(25-22-17)12-23(3)19(24)16-7-5-4-6-15(16)14-8-9-20-11-14/h4-7,13-14,20H,8-12H2,1-3H3/t14-/m0/s1. The predicted molar refractivity (Wildman–Crippen MR) is 95.3 cm³/mol. The normalized spacial score (nSPS) is 17.2. The second-order valence-electron chi connectivity index (χ2n) is 7.14. The Morgan fingerprint density at radius 2 is 2.20 bits per heavy atom. The number of carbonyl (C=O) groups is 1. The molecule has 2 heterocycles. The van der Waals surface area contributed by atoms with E-state index >= 15 is 0 Å². The van der Waals surface area contributed by atoms with Gasteiger partial charge in [-0.1, -0.05) is 37.2 Å². The maximum atomic E-state index is 12.9. The Hall–Kier alpha value is -2.21. The summed E-state index contributed by atoms with van der Waals surface area (Å²) >= 11 is 0. The molecular formula is C19H26N4O2. The maximum Gasteiger partial charge on any atom is 0.254 e. The van der Waals surface area contributed by atoms with Crippen LogP contribution in [0.3, 0.4) is 0 Å². The van der Waals surface area contributed by atoms with Crippen molar-refractivity contribution in [2.45, 2.75) is 39.2 Å². The van der Waals surface area contributed by atoms with E-state index < -0.39 is 0 Å². The molecule has 0 aliphatic carbocycles. The first-order valence-corrected chi connectivity index (χ1v) is 8.91. The Labute approximate surface area is 148 Å². The topological polar surface area (TPSA) is 71.3 Å². The number of carbonyl (C=O) groups excluding carboxylic acids is 1. The van der Waals surface area contributed by atoms with E-state index in [-0.39, 0.29) is 5.91 Å². The largest absolute Gasteiger partial charge is 0.337 e. The highest BCUT2D eigenvalue weighted by Gasteiger charge is 2.24. The van der Waals surface area contributed by atoms with E-state index in [9.17, 15) is 4.79 Å². The quantitative estimate of drug-likeness (QED) is 0.874. The molecule has 0 spiro atoms. The minimum Gasteiger partial charge on any atom is -0.337 e. The van der Waals surface area contributed by atoms with Gasteiger partial charge in [0.15, 0.2) is 5.82 Å². The third-order valence-electron chi connectivity index (χ3n) is 4.51. The molecule has 0 radical (unpaired) electrons. The van der Waals surface area contributed by atoms with Crippen LogP contribution in [0.4, 0.5) is 0 Å². The zero-order valence-corrected chi connectivity index (χ0v) is 15.2. The second kappa shape index (κ2) is 7.78. The monoisotopic (exact) mass is 342 g/mol. The van der Waals surface area contributed by atoms with Crippen LogP contribution in [0, 0.1) is 5.92 Å². The molecule has 6 nitrogen and oxygen atoms in total. The number of rotatable bonds is 6. The van der Waals surface area contributed by atoms with Crippen molar-refractivity contribution in [1.82, 2.24) is 20.4 Å². The van der Waals surface area contributed by atoms with Crippen LogP contribution in [-0.2, 0) is 13.0 Å². The minimum absolute atomic E-state index is 0.00823. The van der Waals surface area contributed by atoms with Gasteiger partial charge in [-0.05, 0) is 36.4 Å². The van der Waals surface area contributed by atoms with Gasteiger partial charge in [-0.25, -0.2) is 0 Å². The highest BCUT2D eigenvalue weighted by molar-refractivity contribution is 5.95. The molecule has 2 aromatic rings. The molecular weight excluding hydrogens is 316 g/mol. The highest BCUT2D eigenvalue weighted by Crippen LogP contribution is 2.26. The lowest BCUT2D eigenvalue weighted by Crippen LogP contribution is -2.28. The first-order chi connectivity index (χ1) is 12.0. The molecule has 1 atom stereocenters. The van der Waals surface area contributed by atoms with Crippen molar-refractivity contribution >= 4 is 5.91 Å². The molecule has 1 N–H and O–H groups in total. The third-order valence-corrected chi connectivity index (χ3v) is 4.51. The van der Waals surface area contributed by atoms with Gasteiger partial charge >= 0.3 is 0 Å². The van der Waals surface area contributed by atoms with Crippen molar-refractivity contribution in [3.63, 3.8) is 0 Å². The molecule has 1 aliphatic rings. The van der Waals surface area contributed by atoms with E-state index in [0.717, 1.165) is 37.1 Å². The number of nitrogens with zero attached hydrogens (tertiary/aromatic N) is 3. The molecule has 0 saturated carbocycles. The Bertz CT molecular complexity index is 720. The summed E-state index contributed by atoms with van der Waals surface area (Å²) in [6.07, 6.45) is 1.84. The number of amides is 1. The molecule has 1 saturated heterocycles. The van der Waals surface area contributed by atoms with Crippen LogP contribution in [0.2, 0.25) is 0 Å². The number of hydrogen-bond donors (Lipinski definition) is 1. The lowest BCUT2D eigenvalue weighted by molar-refractivity contribution is 0.0768. The number of hydrogen-bond acceptors (Lipinski definition) is 5. The van der Waals surface area contributed by atoms with E-state index in [2.05, 4.69) is 35.4 Å². The van der Waals surface area contributed by atoms with Crippen LogP contribution in [0.1, 0.15) is 53.8 Å². The van der Waals surface area contributed by atoms with E-state index in [4.69, 9.17) is 4.52 Å². The summed E-state index contributed by atoms with van der Waals surface area (Å²) in [5, 5.41) is 7.36. The molecule has 1 aromatic heterocycles. The lowest BCUT2D eigenvalue weighted by Gasteiger charge is -2.19. The molecule has 1 fully saturated rings. The van der Waals surface area contributed by atoms with E-state index in [1.165, 1.54) is 0 Å². The van der Waals surface area contributed by atoms with E-state index in [0.29, 0.717) is 30.1 Å². The Kier molecular flexibility index (Phi) is 5.48. The summed E-state index contributed by atoms with van der Waals surface area (Å²) in [6, 6.07) is 7.89. The Morgan fingerprint density at radius 1 is 1.40 bits per heavy atom. The van der Waals surface area contributed by atoms with Gasteiger partial charge in [0.2, 0.25) is 5.89 Å². The van der Waals surface area contributed by atoms with Crippen LogP contribution in [-0.4, -0.2) is 41.1 Å². The van der Waals surface area contributed by atoms with Crippen LogP contribution >= 0.6 is 0 Å². The third kappa shape index (κ3) is 4.25. The van der Waals surface area contributed by atoms with Crippen molar-refractivity contribution in [3.8, 4) is 0 Å². The van der Waals surface area contributed by atoms with Crippen molar-refractivity contribution in [3.05, 3.63) is 47.1 Å². The Balaban J connectivity index is 1.71. The second-order valence-corrected chi connectivity index (χ2v) is 7.14. The molecule has 0 unspecified atom stereocenters. The molecule has 1 aromatic carbocycles. The number of aromatic nitrogens is 2. The van der Waals surface area contributed by atoms with Gasteiger partial charge in [0.1, 0.15) is 0 Å². The molecule has 1 amide bonds. The first-order valence-electron chi connectivity index (χ1n) is 8.91. The highest BCUT2D eigenvalue weighted by atomic mass is 16.5. The van der Waals surface area contributed by atoms with Gasteiger partial charge in [-0.15, -0.1) is 0 Å². The zero-order valence-electron chi connectivity index (χ0n) is 15.2. The summed E-state index contributed by atoms with van der Waals surface area (Å²) < 4.78 is 5.29. The zero-order chi connectivity index (χ0) is 17.8. The summed E-state index contributed by atoms with van der Waals surface area (Å²) in [7, 11) is 1.78. The first kappa shape index (κ1) is 17.6. The van der Waals surface area contributed by atoms with Crippen LogP contribution < -0.4 is 5.32 Å². The van der Waals surface area contributed by atoms with E-state index in [1.54, 1.807) is 11.9 Å². The van der Waals surface area contributed by atoms with Gasteiger partial charge in [-0.3, -0.25) is 4.79 Å². The fourth-order valence-corrected chi connectivity index (χ4v) is 3.25. The van der Waals surface area contributed by atoms with E-state index in [1.807, 2.05) is 18.2 Å². The number of nitrogens with one attached hydrogen (secondary N) is 1. The van der Waals surface area contributed by atoms with Gasteiger partial charge in [0.25, 0.3) is 5.91 Å². The van der Waals surface area contributed by atoms with Crippen molar-refractivity contribution in [2.75, 3.05) is 20.1 Å². The smallest absolute Gasteiger partial charge is 0.254 e. The predicted octanol–water partition coefficient (Wildman–Crippen LogP) is 2.62. The summed E-state index contributed by atoms with van der Waals surface area (Å²) in [5.41, 5.74) is 1.89. The Morgan fingerprint density at radius 3 is 2.92 bits per heavy atom. The SMILES string of the molecule is CC(C)Cc1noc(CN(C)C(=O)c2ccccc2[C@H]2CCNC2)n1. The molecule has 0 bridgehead atoms. The van der Waals surface area contributed by atoms with Crippen LogP contribution in [0.15, 0.2) is 28.8 Å². The van der Waals surface area contributed by atoms with Gasteiger partial charge in [0.05, 0.1) is 6.54 Å². The van der Waals surface area contributed by atoms with Gasteiger partial charge in [0, 0.05) is 25.6 Å².